The van der Waals surface area contributed by atoms with E-state index < -0.39 is 5.91 Å². The van der Waals surface area contributed by atoms with E-state index >= 15 is 0 Å². The van der Waals surface area contributed by atoms with Gasteiger partial charge in [-0.05, 0) is 100 Å². The second kappa shape index (κ2) is 14.6. The molecule has 6 nitrogen and oxygen atoms in total. The van der Waals surface area contributed by atoms with Crippen molar-refractivity contribution in [2.24, 2.45) is 0 Å². The van der Waals surface area contributed by atoms with E-state index in [-0.39, 0.29) is 12.2 Å². The minimum absolute atomic E-state index is 0.0694. The molecule has 0 spiro atoms. The number of carbonyl (C=O) groups excluding carboxylic acids is 1. The number of ether oxygens (including phenoxy) is 3. The Bertz CT molecular complexity index is 1620. The Hall–Kier alpha value is -3.23. The number of anilines is 1. The molecule has 10 heteroatoms. The summed E-state index contributed by atoms with van der Waals surface area (Å²) in [5, 5.41) is 13.5. The molecule has 4 aromatic rings. The van der Waals surface area contributed by atoms with Gasteiger partial charge in [-0.25, -0.2) is 0 Å². The van der Waals surface area contributed by atoms with Gasteiger partial charge in [0.15, 0.2) is 11.5 Å². The van der Waals surface area contributed by atoms with E-state index in [1.54, 1.807) is 54.6 Å². The molecule has 0 aliphatic carbocycles. The molecule has 0 aliphatic heterocycles. The van der Waals surface area contributed by atoms with Crippen LogP contribution in [0.5, 0.6) is 17.2 Å². The minimum atomic E-state index is -0.539. The van der Waals surface area contributed by atoms with E-state index in [1.165, 1.54) is 13.2 Å². The molecule has 0 saturated heterocycles. The summed E-state index contributed by atoms with van der Waals surface area (Å²) in [5.74, 6) is 1.08. The van der Waals surface area contributed by atoms with Crippen molar-refractivity contribution in [1.29, 1.82) is 5.26 Å². The SMILES string of the molecule is COc1cc(/C=C(\C#N)C(=O)Nc2ccc(OCc3ccc(Br)cc3)cc2)cc(I)c1OCc1ccc(Cl)cc1Cl. The van der Waals surface area contributed by atoms with Crippen molar-refractivity contribution in [1.82, 2.24) is 0 Å². The Morgan fingerprint density at radius 2 is 1.73 bits per heavy atom. The average Bonchev–Trinajstić information content (AvgIpc) is 2.96. The lowest BCUT2D eigenvalue weighted by Crippen LogP contribution is -2.13. The molecular formula is C31H22BrCl2IN2O4. The lowest BCUT2D eigenvalue weighted by atomic mass is 10.1. The van der Waals surface area contributed by atoms with E-state index in [4.69, 9.17) is 37.4 Å². The van der Waals surface area contributed by atoms with Crippen LogP contribution in [-0.2, 0) is 18.0 Å². The maximum absolute atomic E-state index is 12.9. The molecule has 0 saturated carbocycles. The summed E-state index contributed by atoms with van der Waals surface area (Å²) in [6.45, 7) is 0.624. The number of amides is 1. The fourth-order valence-corrected chi connectivity index (χ4v) is 5.16. The van der Waals surface area contributed by atoms with E-state index in [0.717, 1.165) is 19.2 Å². The van der Waals surface area contributed by atoms with Gasteiger partial charge in [0.25, 0.3) is 5.91 Å². The highest BCUT2D eigenvalue weighted by molar-refractivity contribution is 14.1. The van der Waals surface area contributed by atoms with Crippen molar-refractivity contribution in [2.45, 2.75) is 13.2 Å². The molecule has 208 valence electrons. The summed E-state index contributed by atoms with van der Waals surface area (Å²) in [6.07, 6.45) is 1.50. The van der Waals surface area contributed by atoms with Crippen molar-refractivity contribution in [3.8, 4) is 23.3 Å². The zero-order chi connectivity index (χ0) is 29.4. The highest BCUT2D eigenvalue weighted by Gasteiger charge is 2.15. The van der Waals surface area contributed by atoms with Crippen molar-refractivity contribution in [3.05, 3.63) is 119 Å². The average molecular weight is 764 g/mol. The predicted octanol–water partition coefficient (Wildman–Crippen LogP) is 9.07. The Balaban J connectivity index is 1.42. The first-order valence-corrected chi connectivity index (χ1v) is 14.7. The van der Waals surface area contributed by atoms with Gasteiger partial charge in [-0.3, -0.25) is 4.79 Å². The highest BCUT2D eigenvalue weighted by atomic mass is 127. The molecule has 0 fully saturated rings. The van der Waals surface area contributed by atoms with E-state index in [2.05, 4.69) is 43.8 Å². The Morgan fingerprint density at radius 3 is 2.39 bits per heavy atom. The third kappa shape index (κ3) is 8.63. The number of hydrogen-bond acceptors (Lipinski definition) is 5. The van der Waals surface area contributed by atoms with Gasteiger partial charge in [-0.15, -0.1) is 0 Å². The number of nitrogens with zero attached hydrogens (tertiary/aromatic N) is 1. The molecule has 1 amide bonds. The molecule has 0 radical (unpaired) electrons. The summed E-state index contributed by atoms with van der Waals surface area (Å²) >= 11 is 17.8. The quantitative estimate of drug-likeness (QED) is 0.0991. The zero-order valence-corrected chi connectivity index (χ0v) is 26.8. The maximum atomic E-state index is 12.9. The van der Waals surface area contributed by atoms with Crippen LogP contribution in [0.2, 0.25) is 10.0 Å². The molecule has 0 bridgehead atoms. The Morgan fingerprint density at radius 1 is 1.00 bits per heavy atom. The number of methoxy groups -OCH3 is 1. The zero-order valence-electron chi connectivity index (χ0n) is 21.6. The molecule has 4 aromatic carbocycles. The van der Waals surface area contributed by atoms with E-state index in [0.29, 0.717) is 45.2 Å². The molecule has 0 aliphatic rings. The smallest absolute Gasteiger partial charge is 0.266 e. The van der Waals surface area contributed by atoms with Crippen LogP contribution in [0.15, 0.2) is 88.9 Å². The van der Waals surface area contributed by atoms with Gasteiger partial charge in [0.2, 0.25) is 0 Å². The van der Waals surface area contributed by atoms with E-state index in [9.17, 15) is 10.1 Å². The van der Waals surface area contributed by atoms with Crippen molar-refractivity contribution >= 4 is 79.4 Å². The third-order valence-electron chi connectivity index (χ3n) is 5.75. The van der Waals surface area contributed by atoms with Crippen LogP contribution in [0.4, 0.5) is 5.69 Å². The number of nitriles is 1. The topological polar surface area (TPSA) is 80.6 Å². The second-order valence-corrected chi connectivity index (χ2v) is 11.5. The summed E-state index contributed by atoms with van der Waals surface area (Å²) in [4.78, 5) is 12.9. The van der Waals surface area contributed by atoms with Gasteiger partial charge in [0.1, 0.15) is 30.6 Å². The largest absolute Gasteiger partial charge is 0.493 e. The first-order valence-electron chi connectivity index (χ1n) is 12.1. The van der Waals surface area contributed by atoms with Crippen LogP contribution in [0.3, 0.4) is 0 Å². The van der Waals surface area contributed by atoms with Gasteiger partial charge in [-0.1, -0.05) is 57.3 Å². The molecule has 41 heavy (non-hydrogen) atoms. The minimum Gasteiger partial charge on any atom is -0.493 e. The van der Waals surface area contributed by atoms with Gasteiger partial charge in [-0.2, -0.15) is 5.26 Å². The first-order chi connectivity index (χ1) is 19.7. The molecule has 4 rings (SSSR count). The fraction of sp³-hybridized carbons (Fsp3) is 0.0968. The van der Waals surface area contributed by atoms with Crippen LogP contribution < -0.4 is 19.5 Å². The summed E-state index contributed by atoms with van der Waals surface area (Å²) in [5.41, 5.74) is 2.87. The standard InChI is InChI=1S/C31H22BrCl2IN2O4/c1-39-29-14-20(13-28(35)30(29)41-18-21-4-7-24(33)15-27(21)34)12-22(16-36)31(38)37-25-8-10-26(11-9-25)40-17-19-2-5-23(32)6-3-19/h2-15H,17-18H2,1H3,(H,37,38)/b22-12+. The number of carbonyl (C=O) groups is 1. The third-order valence-corrected chi connectivity index (χ3v) is 7.66. The van der Waals surface area contributed by atoms with Gasteiger partial charge in [0, 0.05) is 25.8 Å². The van der Waals surface area contributed by atoms with E-state index in [1.807, 2.05) is 30.3 Å². The summed E-state index contributed by atoms with van der Waals surface area (Å²) in [7, 11) is 1.52. The van der Waals surface area contributed by atoms with Crippen LogP contribution in [0, 0.1) is 14.9 Å². The van der Waals surface area contributed by atoms with Crippen LogP contribution in [0.25, 0.3) is 6.08 Å². The number of hydrogen-bond donors (Lipinski definition) is 1. The molecule has 0 atom stereocenters. The number of benzene rings is 4. The number of rotatable bonds is 10. The van der Waals surface area contributed by atoms with Gasteiger partial charge in [0.05, 0.1) is 10.7 Å². The molecule has 0 heterocycles. The monoisotopic (exact) mass is 762 g/mol. The fourth-order valence-electron chi connectivity index (χ4n) is 3.65. The van der Waals surface area contributed by atoms with Crippen molar-refractivity contribution in [3.63, 3.8) is 0 Å². The lowest BCUT2D eigenvalue weighted by Gasteiger charge is -2.14. The van der Waals surface area contributed by atoms with Gasteiger partial charge >= 0.3 is 0 Å². The molecule has 1 N–H and O–H groups in total. The van der Waals surface area contributed by atoms with Crippen LogP contribution in [0.1, 0.15) is 16.7 Å². The highest BCUT2D eigenvalue weighted by Crippen LogP contribution is 2.36. The molecule has 0 unspecified atom stereocenters. The van der Waals surface area contributed by atoms with Crippen LogP contribution in [-0.4, -0.2) is 13.0 Å². The molecular weight excluding hydrogens is 742 g/mol. The second-order valence-electron chi connectivity index (χ2n) is 8.62. The summed E-state index contributed by atoms with van der Waals surface area (Å²) < 4.78 is 19.1. The maximum Gasteiger partial charge on any atom is 0.266 e. The van der Waals surface area contributed by atoms with Crippen molar-refractivity contribution < 1.29 is 19.0 Å². The van der Waals surface area contributed by atoms with Crippen LogP contribution >= 0.6 is 61.7 Å². The Kier molecular flexibility index (Phi) is 10.9. The summed E-state index contributed by atoms with van der Waals surface area (Å²) in [6, 6.07) is 25.5. The first kappa shape index (κ1) is 30.7. The number of nitrogens with one attached hydrogen (secondary N) is 1. The predicted molar refractivity (Wildman–Crippen MR) is 174 cm³/mol. The number of halogens is 4. The molecule has 0 aromatic heterocycles. The lowest BCUT2D eigenvalue weighted by molar-refractivity contribution is -0.112. The normalized spacial score (nSPS) is 11.0. The van der Waals surface area contributed by atoms with Gasteiger partial charge < -0.3 is 19.5 Å². The Labute approximate surface area is 270 Å². The van der Waals surface area contributed by atoms with Crippen molar-refractivity contribution in [2.75, 3.05) is 12.4 Å².